The zero-order valence-corrected chi connectivity index (χ0v) is 13.6. The average Bonchev–Trinajstić information content (AvgIpc) is 2.68. The number of piperidine rings is 1. The van der Waals surface area contributed by atoms with Crippen LogP contribution in [0.15, 0.2) is 54.9 Å². The van der Waals surface area contributed by atoms with Crippen LogP contribution in [0.25, 0.3) is 21.9 Å². The maximum absolute atomic E-state index is 9.28. The predicted molar refractivity (Wildman–Crippen MR) is 98.0 cm³/mol. The topological polar surface area (TPSA) is 39.9 Å². The molecular formula is C21H19N3. The number of fused-ring (bicyclic) bond motifs is 1. The summed E-state index contributed by atoms with van der Waals surface area (Å²) in [5, 5.41) is 11.7. The Morgan fingerprint density at radius 1 is 0.917 bits per heavy atom. The molecule has 3 aromatic rings. The molecule has 118 valence electrons. The largest absolute Gasteiger partial charge is 0.372 e. The summed E-state index contributed by atoms with van der Waals surface area (Å²) in [4.78, 5) is 6.52. The molecule has 0 saturated carbocycles. The van der Waals surface area contributed by atoms with Gasteiger partial charge in [-0.15, -0.1) is 0 Å². The summed E-state index contributed by atoms with van der Waals surface area (Å²) >= 11 is 0. The first-order valence-corrected chi connectivity index (χ1v) is 8.48. The Morgan fingerprint density at radius 3 is 2.54 bits per heavy atom. The molecule has 0 aliphatic carbocycles. The van der Waals surface area contributed by atoms with Crippen LogP contribution in [-0.4, -0.2) is 18.1 Å². The van der Waals surface area contributed by atoms with Gasteiger partial charge in [-0.25, -0.2) is 0 Å². The van der Waals surface area contributed by atoms with E-state index in [1.807, 2.05) is 6.07 Å². The second kappa shape index (κ2) is 6.33. The summed E-state index contributed by atoms with van der Waals surface area (Å²) in [6.45, 7) is 2.32. The molecule has 1 aliphatic heterocycles. The zero-order chi connectivity index (χ0) is 16.4. The second-order valence-electron chi connectivity index (χ2n) is 6.33. The lowest BCUT2D eigenvalue weighted by atomic mass is 9.98. The Hall–Kier alpha value is -2.86. The summed E-state index contributed by atoms with van der Waals surface area (Å²) in [6.07, 6.45) is 7.28. The number of nitriles is 1. The molecule has 0 N–H and O–H groups in total. The maximum Gasteiger partial charge on any atom is 0.101 e. The van der Waals surface area contributed by atoms with Crippen LogP contribution in [0.4, 0.5) is 5.69 Å². The summed E-state index contributed by atoms with van der Waals surface area (Å²) < 4.78 is 0. The highest BCUT2D eigenvalue weighted by atomic mass is 15.1. The number of aromatic nitrogens is 1. The Kier molecular flexibility index (Phi) is 3.88. The molecule has 1 aromatic heterocycles. The molecule has 2 heterocycles. The third-order valence-electron chi connectivity index (χ3n) is 4.80. The SMILES string of the molecule is N#Cc1cnccc1-c1ccc2cc(N3CCCCC3)ccc2c1. The van der Waals surface area contributed by atoms with Crippen LogP contribution in [0.5, 0.6) is 0 Å². The Balaban J connectivity index is 1.73. The highest BCUT2D eigenvalue weighted by molar-refractivity contribution is 5.90. The van der Waals surface area contributed by atoms with Crippen molar-refractivity contribution in [1.82, 2.24) is 4.98 Å². The van der Waals surface area contributed by atoms with E-state index in [-0.39, 0.29) is 0 Å². The van der Waals surface area contributed by atoms with E-state index in [1.54, 1.807) is 12.4 Å². The average molecular weight is 313 g/mol. The summed E-state index contributed by atoms with van der Waals surface area (Å²) in [5.74, 6) is 0. The van der Waals surface area contributed by atoms with E-state index in [4.69, 9.17) is 0 Å². The lowest BCUT2D eigenvalue weighted by molar-refractivity contribution is 0.578. The highest BCUT2D eigenvalue weighted by Crippen LogP contribution is 2.29. The third kappa shape index (κ3) is 2.72. The van der Waals surface area contributed by atoms with Gasteiger partial charge in [0.05, 0.1) is 5.56 Å². The number of rotatable bonds is 2. The minimum absolute atomic E-state index is 0.613. The first kappa shape index (κ1) is 14.7. The summed E-state index contributed by atoms with van der Waals surface area (Å²) in [6, 6.07) is 17.2. The summed E-state index contributed by atoms with van der Waals surface area (Å²) in [7, 11) is 0. The fourth-order valence-electron chi connectivity index (χ4n) is 3.48. The highest BCUT2D eigenvalue weighted by Gasteiger charge is 2.11. The maximum atomic E-state index is 9.28. The van der Waals surface area contributed by atoms with E-state index in [9.17, 15) is 5.26 Å². The van der Waals surface area contributed by atoms with Gasteiger partial charge >= 0.3 is 0 Å². The van der Waals surface area contributed by atoms with Gasteiger partial charge in [-0.05, 0) is 59.9 Å². The van der Waals surface area contributed by atoms with Gasteiger partial charge in [-0.1, -0.05) is 18.2 Å². The van der Waals surface area contributed by atoms with Crippen molar-refractivity contribution in [3.63, 3.8) is 0 Å². The molecule has 1 saturated heterocycles. The van der Waals surface area contributed by atoms with Crippen molar-refractivity contribution < 1.29 is 0 Å². The van der Waals surface area contributed by atoms with Crippen molar-refractivity contribution >= 4 is 16.5 Å². The van der Waals surface area contributed by atoms with Gasteiger partial charge in [0, 0.05) is 36.7 Å². The van der Waals surface area contributed by atoms with E-state index in [0.29, 0.717) is 5.56 Å². The van der Waals surface area contributed by atoms with Gasteiger partial charge < -0.3 is 4.90 Å². The molecule has 1 aliphatic rings. The fourth-order valence-corrected chi connectivity index (χ4v) is 3.48. The lowest BCUT2D eigenvalue weighted by Crippen LogP contribution is -2.29. The van der Waals surface area contributed by atoms with Crippen molar-refractivity contribution in [3.05, 3.63) is 60.4 Å². The predicted octanol–water partition coefficient (Wildman–Crippen LogP) is 4.76. The van der Waals surface area contributed by atoms with Crippen LogP contribution >= 0.6 is 0 Å². The van der Waals surface area contributed by atoms with Gasteiger partial charge in [0.15, 0.2) is 0 Å². The standard InChI is InChI=1S/C21H19N3/c22-14-19-15-23-9-8-21(19)18-5-4-17-13-20(7-6-16(17)12-18)24-10-2-1-3-11-24/h4-9,12-13,15H,1-3,10-11H2. The molecule has 3 heteroatoms. The van der Waals surface area contributed by atoms with Gasteiger partial charge in [0.25, 0.3) is 0 Å². The molecule has 1 fully saturated rings. The quantitative estimate of drug-likeness (QED) is 0.684. The van der Waals surface area contributed by atoms with Crippen LogP contribution in [0.3, 0.4) is 0 Å². The van der Waals surface area contributed by atoms with Crippen molar-refractivity contribution in [2.45, 2.75) is 19.3 Å². The molecule has 0 bridgehead atoms. The van der Waals surface area contributed by atoms with Crippen LogP contribution in [0, 0.1) is 11.3 Å². The van der Waals surface area contributed by atoms with Crippen molar-refractivity contribution in [3.8, 4) is 17.2 Å². The van der Waals surface area contributed by atoms with E-state index in [2.05, 4.69) is 52.4 Å². The molecule has 2 aromatic carbocycles. The number of anilines is 1. The fraction of sp³-hybridized carbons (Fsp3) is 0.238. The van der Waals surface area contributed by atoms with Crippen LogP contribution in [-0.2, 0) is 0 Å². The van der Waals surface area contributed by atoms with Crippen LogP contribution < -0.4 is 4.90 Å². The number of nitrogens with zero attached hydrogens (tertiary/aromatic N) is 3. The minimum atomic E-state index is 0.613. The van der Waals surface area contributed by atoms with E-state index in [1.165, 1.54) is 35.7 Å². The van der Waals surface area contributed by atoms with Crippen molar-refractivity contribution in [2.75, 3.05) is 18.0 Å². The van der Waals surface area contributed by atoms with E-state index in [0.717, 1.165) is 24.2 Å². The van der Waals surface area contributed by atoms with Gasteiger partial charge in [0.2, 0.25) is 0 Å². The molecule has 0 radical (unpaired) electrons. The van der Waals surface area contributed by atoms with Crippen molar-refractivity contribution in [2.24, 2.45) is 0 Å². The first-order valence-electron chi connectivity index (χ1n) is 8.48. The Labute approximate surface area is 142 Å². The van der Waals surface area contributed by atoms with Crippen LogP contribution in [0.2, 0.25) is 0 Å². The van der Waals surface area contributed by atoms with Crippen molar-refractivity contribution in [1.29, 1.82) is 5.26 Å². The zero-order valence-electron chi connectivity index (χ0n) is 13.6. The number of benzene rings is 2. The first-order chi connectivity index (χ1) is 11.8. The molecule has 0 unspecified atom stereocenters. The van der Waals surface area contributed by atoms with Crippen LogP contribution in [0.1, 0.15) is 24.8 Å². The lowest BCUT2D eigenvalue weighted by Gasteiger charge is -2.29. The molecule has 24 heavy (non-hydrogen) atoms. The Bertz CT molecular complexity index is 918. The monoisotopic (exact) mass is 313 g/mol. The smallest absolute Gasteiger partial charge is 0.101 e. The van der Waals surface area contributed by atoms with Gasteiger partial charge in [0.1, 0.15) is 6.07 Å². The normalized spacial score (nSPS) is 14.5. The molecule has 3 nitrogen and oxygen atoms in total. The minimum Gasteiger partial charge on any atom is -0.372 e. The van der Waals surface area contributed by atoms with Gasteiger partial charge in [-0.2, -0.15) is 5.26 Å². The molecule has 4 rings (SSSR count). The molecule has 0 amide bonds. The van der Waals surface area contributed by atoms with E-state index >= 15 is 0 Å². The second-order valence-corrected chi connectivity index (χ2v) is 6.33. The van der Waals surface area contributed by atoms with E-state index < -0.39 is 0 Å². The number of hydrogen-bond acceptors (Lipinski definition) is 3. The third-order valence-corrected chi connectivity index (χ3v) is 4.80. The number of hydrogen-bond donors (Lipinski definition) is 0. The van der Waals surface area contributed by atoms with Gasteiger partial charge in [-0.3, -0.25) is 4.98 Å². The Morgan fingerprint density at radius 2 is 1.71 bits per heavy atom. The summed E-state index contributed by atoms with van der Waals surface area (Å²) in [5.41, 5.74) is 3.93. The molecule has 0 spiro atoms. The molecule has 0 atom stereocenters. The molecular weight excluding hydrogens is 294 g/mol. The number of pyridine rings is 1.